The summed E-state index contributed by atoms with van der Waals surface area (Å²) in [6, 6.07) is 0. The molecule has 1 aliphatic rings. The van der Waals surface area contributed by atoms with Crippen LogP contribution in [0.4, 0.5) is 0 Å². The van der Waals surface area contributed by atoms with Crippen molar-refractivity contribution in [3.8, 4) is 0 Å². The SMILES string of the molecule is CCCS(=O)(=O)N1CCC(C)CC1. The van der Waals surface area contributed by atoms with E-state index in [1.54, 1.807) is 4.31 Å². The third-order valence-electron chi connectivity index (χ3n) is 2.60. The lowest BCUT2D eigenvalue weighted by Crippen LogP contribution is -2.39. The molecule has 0 atom stereocenters. The van der Waals surface area contributed by atoms with Crippen LogP contribution in [0.2, 0.25) is 0 Å². The van der Waals surface area contributed by atoms with Gasteiger partial charge in [0.05, 0.1) is 5.75 Å². The Morgan fingerprint density at radius 1 is 1.31 bits per heavy atom. The van der Waals surface area contributed by atoms with Crippen LogP contribution in [-0.2, 0) is 10.0 Å². The largest absolute Gasteiger partial charge is 0.214 e. The van der Waals surface area contributed by atoms with E-state index in [9.17, 15) is 8.42 Å². The summed E-state index contributed by atoms with van der Waals surface area (Å²) >= 11 is 0. The zero-order chi connectivity index (χ0) is 9.90. The minimum atomic E-state index is -2.92. The molecule has 0 unspecified atom stereocenters. The Bertz CT molecular complexity index is 240. The van der Waals surface area contributed by atoms with Crippen molar-refractivity contribution in [2.75, 3.05) is 18.8 Å². The predicted octanol–water partition coefficient (Wildman–Crippen LogP) is 1.46. The molecule has 0 N–H and O–H groups in total. The van der Waals surface area contributed by atoms with Gasteiger partial charge in [0.2, 0.25) is 10.0 Å². The molecule has 1 fully saturated rings. The second-order valence-corrected chi connectivity index (χ2v) is 5.99. The number of hydrogen-bond donors (Lipinski definition) is 0. The molecule has 3 nitrogen and oxygen atoms in total. The summed E-state index contributed by atoms with van der Waals surface area (Å²) < 4.78 is 24.9. The molecule has 1 heterocycles. The fourth-order valence-corrected chi connectivity index (χ4v) is 3.19. The third kappa shape index (κ3) is 2.95. The highest BCUT2D eigenvalue weighted by Gasteiger charge is 2.25. The Labute approximate surface area is 81.2 Å². The van der Waals surface area contributed by atoms with Crippen LogP contribution in [0.5, 0.6) is 0 Å². The van der Waals surface area contributed by atoms with Gasteiger partial charge in [0.25, 0.3) is 0 Å². The Hall–Kier alpha value is -0.0900. The van der Waals surface area contributed by atoms with Gasteiger partial charge in [-0.25, -0.2) is 12.7 Å². The van der Waals surface area contributed by atoms with Gasteiger partial charge in [0, 0.05) is 13.1 Å². The smallest absolute Gasteiger partial charge is 0.212 e. The number of hydrogen-bond acceptors (Lipinski definition) is 2. The molecular formula is C9H19NO2S. The fraction of sp³-hybridized carbons (Fsp3) is 1.00. The topological polar surface area (TPSA) is 37.4 Å². The van der Waals surface area contributed by atoms with E-state index in [0.717, 1.165) is 25.9 Å². The minimum Gasteiger partial charge on any atom is -0.212 e. The Morgan fingerprint density at radius 3 is 2.31 bits per heavy atom. The molecule has 13 heavy (non-hydrogen) atoms. The van der Waals surface area contributed by atoms with Gasteiger partial charge in [0.15, 0.2) is 0 Å². The van der Waals surface area contributed by atoms with Crippen molar-refractivity contribution in [1.29, 1.82) is 0 Å². The Balaban J connectivity index is 2.53. The van der Waals surface area contributed by atoms with Crippen LogP contribution < -0.4 is 0 Å². The molecule has 78 valence electrons. The number of rotatable bonds is 3. The Kier molecular flexibility index (Phi) is 3.74. The summed E-state index contributed by atoms with van der Waals surface area (Å²) in [5, 5.41) is 0. The molecule has 0 bridgehead atoms. The third-order valence-corrected chi connectivity index (χ3v) is 4.67. The lowest BCUT2D eigenvalue weighted by Gasteiger charge is -2.29. The van der Waals surface area contributed by atoms with Crippen LogP contribution >= 0.6 is 0 Å². The highest BCUT2D eigenvalue weighted by molar-refractivity contribution is 7.89. The van der Waals surface area contributed by atoms with E-state index < -0.39 is 10.0 Å². The first-order valence-electron chi connectivity index (χ1n) is 5.04. The maximum Gasteiger partial charge on any atom is 0.214 e. The molecule has 4 heteroatoms. The van der Waals surface area contributed by atoms with Gasteiger partial charge in [-0.15, -0.1) is 0 Å². The second kappa shape index (κ2) is 4.42. The summed E-state index contributed by atoms with van der Waals surface area (Å²) in [6.45, 7) is 5.54. The first-order chi connectivity index (χ1) is 6.06. The van der Waals surface area contributed by atoms with Crippen molar-refractivity contribution in [2.24, 2.45) is 5.92 Å². The average Bonchev–Trinajstić information content (AvgIpc) is 2.05. The standard InChI is InChI=1S/C9H19NO2S/c1-3-8-13(11,12)10-6-4-9(2)5-7-10/h9H,3-8H2,1-2H3. The van der Waals surface area contributed by atoms with Gasteiger partial charge < -0.3 is 0 Å². The van der Waals surface area contributed by atoms with Crippen LogP contribution in [0.1, 0.15) is 33.1 Å². The number of sulfonamides is 1. The summed E-state index contributed by atoms with van der Waals surface area (Å²) in [5.74, 6) is 0.995. The monoisotopic (exact) mass is 205 g/mol. The van der Waals surface area contributed by atoms with Gasteiger partial charge >= 0.3 is 0 Å². The lowest BCUT2D eigenvalue weighted by molar-refractivity contribution is 0.288. The van der Waals surface area contributed by atoms with Crippen LogP contribution in [-0.4, -0.2) is 31.6 Å². The molecule has 1 saturated heterocycles. The van der Waals surface area contributed by atoms with Crippen molar-refractivity contribution in [2.45, 2.75) is 33.1 Å². The van der Waals surface area contributed by atoms with Crippen molar-refractivity contribution >= 4 is 10.0 Å². The molecule has 0 aromatic heterocycles. The lowest BCUT2D eigenvalue weighted by atomic mass is 10.0. The summed E-state index contributed by atoms with van der Waals surface area (Å²) in [4.78, 5) is 0. The summed E-state index contributed by atoms with van der Waals surface area (Å²) in [7, 11) is -2.92. The maximum absolute atomic E-state index is 11.6. The Morgan fingerprint density at radius 2 is 1.85 bits per heavy atom. The maximum atomic E-state index is 11.6. The zero-order valence-corrected chi connectivity index (χ0v) is 9.31. The van der Waals surface area contributed by atoms with Gasteiger partial charge in [0.1, 0.15) is 0 Å². The molecule has 1 aliphatic heterocycles. The van der Waals surface area contributed by atoms with Crippen molar-refractivity contribution in [1.82, 2.24) is 4.31 Å². The van der Waals surface area contributed by atoms with E-state index in [0.29, 0.717) is 18.1 Å². The zero-order valence-electron chi connectivity index (χ0n) is 8.49. The average molecular weight is 205 g/mol. The van der Waals surface area contributed by atoms with E-state index in [-0.39, 0.29) is 0 Å². The van der Waals surface area contributed by atoms with E-state index in [4.69, 9.17) is 0 Å². The van der Waals surface area contributed by atoms with Gasteiger partial charge in [-0.2, -0.15) is 0 Å². The van der Waals surface area contributed by atoms with Crippen molar-refractivity contribution < 1.29 is 8.42 Å². The quantitative estimate of drug-likeness (QED) is 0.699. The van der Waals surface area contributed by atoms with Crippen LogP contribution in [0, 0.1) is 5.92 Å². The molecule has 0 aromatic rings. The van der Waals surface area contributed by atoms with E-state index >= 15 is 0 Å². The molecule has 0 aliphatic carbocycles. The highest BCUT2D eigenvalue weighted by atomic mass is 32.2. The number of nitrogens with zero attached hydrogens (tertiary/aromatic N) is 1. The van der Waals surface area contributed by atoms with Crippen LogP contribution in [0.25, 0.3) is 0 Å². The van der Waals surface area contributed by atoms with E-state index in [1.807, 2.05) is 6.92 Å². The van der Waals surface area contributed by atoms with Crippen molar-refractivity contribution in [3.05, 3.63) is 0 Å². The van der Waals surface area contributed by atoms with E-state index in [1.165, 1.54) is 0 Å². The fourth-order valence-electron chi connectivity index (χ4n) is 1.65. The minimum absolute atomic E-state index is 0.307. The van der Waals surface area contributed by atoms with Gasteiger partial charge in [-0.3, -0.25) is 0 Å². The van der Waals surface area contributed by atoms with Crippen LogP contribution in [0.15, 0.2) is 0 Å². The van der Waals surface area contributed by atoms with Crippen LogP contribution in [0.3, 0.4) is 0 Å². The second-order valence-electron chi connectivity index (χ2n) is 3.90. The highest BCUT2D eigenvalue weighted by Crippen LogP contribution is 2.18. The number of piperidine rings is 1. The summed E-state index contributed by atoms with van der Waals surface area (Å²) in [5.41, 5.74) is 0. The molecule has 0 radical (unpaired) electrons. The molecule has 1 rings (SSSR count). The van der Waals surface area contributed by atoms with Gasteiger partial charge in [-0.1, -0.05) is 13.8 Å². The van der Waals surface area contributed by atoms with E-state index in [2.05, 4.69) is 6.92 Å². The molecule has 0 spiro atoms. The normalized spacial score (nSPS) is 22.0. The molecule has 0 aromatic carbocycles. The molecule has 0 saturated carbocycles. The van der Waals surface area contributed by atoms with Crippen molar-refractivity contribution in [3.63, 3.8) is 0 Å². The van der Waals surface area contributed by atoms with Gasteiger partial charge in [-0.05, 0) is 25.2 Å². The first kappa shape index (κ1) is 11.0. The molecule has 0 amide bonds. The molecular weight excluding hydrogens is 186 g/mol. The first-order valence-corrected chi connectivity index (χ1v) is 6.65. The predicted molar refractivity (Wildman–Crippen MR) is 54.0 cm³/mol. The summed E-state index contributed by atoms with van der Waals surface area (Å²) in [6.07, 6.45) is 2.75.